The van der Waals surface area contributed by atoms with Crippen LogP contribution in [0.4, 0.5) is 0 Å². The van der Waals surface area contributed by atoms with Crippen molar-refractivity contribution in [2.45, 2.75) is 20.3 Å². The van der Waals surface area contributed by atoms with Gasteiger partial charge >= 0.3 is 0 Å². The van der Waals surface area contributed by atoms with E-state index in [9.17, 15) is 0 Å². The van der Waals surface area contributed by atoms with Crippen molar-refractivity contribution in [2.24, 2.45) is 5.41 Å². The van der Waals surface area contributed by atoms with E-state index >= 15 is 0 Å². The van der Waals surface area contributed by atoms with Gasteiger partial charge in [0.1, 0.15) is 0 Å². The highest BCUT2D eigenvalue weighted by Crippen LogP contribution is 2.31. The van der Waals surface area contributed by atoms with Crippen LogP contribution < -0.4 is 0 Å². The Balaban J connectivity index is 2.97. The number of benzene rings is 1. The Morgan fingerprint density at radius 2 is 1.64 bits per heavy atom. The van der Waals surface area contributed by atoms with Crippen LogP contribution in [0, 0.1) is 5.41 Å². The van der Waals surface area contributed by atoms with E-state index in [1.165, 1.54) is 0 Å². The predicted octanol–water partition coefficient (Wildman–Crippen LogP) is 4.80. The van der Waals surface area contributed by atoms with Gasteiger partial charge in [0.2, 0.25) is 0 Å². The van der Waals surface area contributed by atoms with E-state index in [0.717, 1.165) is 22.0 Å². The van der Waals surface area contributed by atoms with Crippen LogP contribution in [-0.2, 0) is 6.42 Å². The Labute approximate surface area is 100 Å². The molecule has 78 valence electrons. The molecule has 0 nitrogen and oxygen atoms in total. The van der Waals surface area contributed by atoms with Crippen LogP contribution in [0.3, 0.4) is 0 Å². The minimum absolute atomic E-state index is 0.0240. The summed E-state index contributed by atoms with van der Waals surface area (Å²) in [7, 11) is 0. The first-order valence-corrected chi connectivity index (χ1v) is 5.74. The van der Waals surface area contributed by atoms with Gasteiger partial charge in [-0.2, -0.15) is 0 Å². The molecule has 0 unspecified atom stereocenters. The average molecular weight is 252 g/mol. The Morgan fingerprint density at radius 1 is 1.14 bits per heavy atom. The Morgan fingerprint density at radius 3 is 2.07 bits per heavy atom. The predicted molar refractivity (Wildman–Crippen MR) is 64.7 cm³/mol. The minimum Gasteiger partial charge on any atom is -0.126 e. The lowest BCUT2D eigenvalue weighted by molar-refractivity contribution is 0.418. The molecule has 14 heavy (non-hydrogen) atoms. The Kier molecular flexibility index (Phi) is 4.12. The molecule has 0 N–H and O–H groups in total. The van der Waals surface area contributed by atoms with Gasteiger partial charge in [0, 0.05) is 15.9 Å². The fourth-order valence-electron chi connectivity index (χ4n) is 1.23. The Bertz CT molecular complexity index is 298. The van der Waals surface area contributed by atoms with E-state index < -0.39 is 0 Å². The van der Waals surface area contributed by atoms with E-state index in [2.05, 4.69) is 13.8 Å². The van der Waals surface area contributed by atoms with Crippen LogP contribution in [0.1, 0.15) is 19.4 Å². The van der Waals surface area contributed by atoms with Gasteiger partial charge in [0.25, 0.3) is 0 Å². The summed E-state index contributed by atoms with van der Waals surface area (Å²) in [6.07, 6.45) is 0.801. The van der Waals surface area contributed by atoms with Crippen molar-refractivity contribution in [1.29, 1.82) is 0 Å². The molecule has 0 aliphatic carbocycles. The van der Waals surface area contributed by atoms with E-state index in [1.807, 2.05) is 18.2 Å². The molecule has 0 saturated heterocycles. The molecule has 1 rings (SSSR count). The zero-order valence-corrected chi connectivity index (χ0v) is 10.5. The fraction of sp³-hybridized carbons (Fsp3) is 0.455. The first-order valence-electron chi connectivity index (χ1n) is 4.45. The monoisotopic (exact) mass is 250 g/mol. The van der Waals surface area contributed by atoms with E-state index in [-0.39, 0.29) is 5.41 Å². The van der Waals surface area contributed by atoms with Gasteiger partial charge < -0.3 is 0 Å². The number of alkyl halides is 1. The minimum atomic E-state index is 0.0240. The SMILES string of the molecule is CC(C)(CCl)Cc1c(Cl)cccc1Cl. The molecule has 0 bridgehead atoms. The van der Waals surface area contributed by atoms with Crippen molar-refractivity contribution in [3.8, 4) is 0 Å². The fourth-order valence-corrected chi connectivity index (χ4v) is 1.85. The molecule has 0 heterocycles. The molecular formula is C11H13Cl3. The maximum atomic E-state index is 6.07. The third kappa shape index (κ3) is 3.05. The van der Waals surface area contributed by atoms with Crippen molar-refractivity contribution in [1.82, 2.24) is 0 Å². The zero-order chi connectivity index (χ0) is 10.8. The molecule has 0 saturated carbocycles. The summed E-state index contributed by atoms with van der Waals surface area (Å²) in [4.78, 5) is 0. The van der Waals surface area contributed by atoms with Crippen molar-refractivity contribution in [2.75, 3.05) is 5.88 Å². The van der Waals surface area contributed by atoms with Gasteiger partial charge in [-0.05, 0) is 29.5 Å². The molecule has 0 amide bonds. The van der Waals surface area contributed by atoms with E-state index in [0.29, 0.717) is 5.88 Å². The van der Waals surface area contributed by atoms with Crippen LogP contribution in [-0.4, -0.2) is 5.88 Å². The zero-order valence-electron chi connectivity index (χ0n) is 8.28. The molecule has 0 fully saturated rings. The second-order valence-electron chi connectivity index (χ2n) is 4.17. The molecule has 0 aliphatic rings. The quantitative estimate of drug-likeness (QED) is 0.677. The van der Waals surface area contributed by atoms with Gasteiger partial charge in [-0.3, -0.25) is 0 Å². The molecule has 1 aromatic rings. The summed E-state index contributed by atoms with van der Waals surface area (Å²) in [5.41, 5.74) is 1.01. The standard InChI is InChI=1S/C11H13Cl3/c1-11(2,7-12)6-8-9(13)4-3-5-10(8)14/h3-5H,6-7H2,1-2H3. The number of halogens is 3. The maximum absolute atomic E-state index is 6.07. The summed E-state index contributed by atoms with van der Waals surface area (Å²) in [5, 5.41) is 1.44. The van der Waals surface area contributed by atoms with Gasteiger partial charge in [-0.1, -0.05) is 43.1 Å². The van der Waals surface area contributed by atoms with Crippen LogP contribution in [0.2, 0.25) is 10.0 Å². The molecule has 0 aromatic heterocycles. The van der Waals surface area contributed by atoms with Crippen LogP contribution in [0.15, 0.2) is 18.2 Å². The lowest BCUT2D eigenvalue weighted by Crippen LogP contribution is -2.17. The Hall–Kier alpha value is 0.0900. The van der Waals surface area contributed by atoms with Crippen LogP contribution >= 0.6 is 34.8 Å². The van der Waals surface area contributed by atoms with Crippen LogP contribution in [0.25, 0.3) is 0 Å². The summed E-state index contributed by atoms with van der Waals surface area (Å²) in [6, 6.07) is 5.56. The van der Waals surface area contributed by atoms with Crippen LogP contribution in [0.5, 0.6) is 0 Å². The third-order valence-electron chi connectivity index (χ3n) is 2.08. The highest BCUT2D eigenvalue weighted by molar-refractivity contribution is 6.36. The topological polar surface area (TPSA) is 0 Å². The number of rotatable bonds is 3. The molecule has 0 spiro atoms. The van der Waals surface area contributed by atoms with Gasteiger partial charge in [0.15, 0.2) is 0 Å². The van der Waals surface area contributed by atoms with Crippen molar-refractivity contribution in [3.63, 3.8) is 0 Å². The van der Waals surface area contributed by atoms with Crippen molar-refractivity contribution in [3.05, 3.63) is 33.8 Å². The molecule has 0 atom stereocenters. The third-order valence-corrected chi connectivity index (χ3v) is 3.51. The smallest absolute Gasteiger partial charge is 0.0453 e. The molecular weight excluding hydrogens is 238 g/mol. The number of hydrogen-bond donors (Lipinski definition) is 0. The van der Waals surface area contributed by atoms with Gasteiger partial charge in [-0.25, -0.2) is 0 Å². The molecule has 3 heteroatoms. The maximum Gasteiger partial charge on any atom is 0.0453 e. The van der Waals surface area contributed by atoms with Crippen molar-refractivity contribution >= 4 is 34.8 Å². The summed E-state index contributed by atoms with van der Waals surface area (Å²) in [6.45, 7) is 4.19. The van der Waals surface area contributed by atoms with Gasteiger partial charge in [-0.15, -0.1) is 11.6 Å². The molecule has 1 aromatic carbocycles. The van der Waals surface area contributed by atoms with E-state index in [1.54, 1.807) is 0 Å². The highest BCUT2D eigenvalue weighted by Gasteiger charge is 2.20. The average Bonchev–Trinajstić information content (AvgIpc) is 2.12. The molecule has 0 aliphatic heterocycles. The summed E-state index contributed by atoms with van der Waals surface area (Å²) in [5.74, 6) is 0.592. The largest absolute Gasteiger partial charge is 0.126 e. The summed E-state index contributed by atoms with van der Waals surface area (Å²) >= 11 is 18.0. The second kappa shape index (κ2) is 4.74. The first kappa shape index (κ1) is 12.2. The summed E-state index contributed by atoms with van der Waals surface area (Å²) < 4.78 is 0. The highest BCUT2D eigenvalue weighted by atomic mass is 35.5. The lowest BCUT2D eigenvalue weighted by Gasteiger charge is -2.22. The normalized spacial score (nSPS) is 11.8. The number of hydrogen-bond acceptors (Lipinski definition) is 0. The first-order chi connectivity index (χ1) is 6.46. The van der Waals surface area contributed by atoms with Crippen molar-refractivity contribution < 1.29 is 0 Å². The van der Waals surface area contributed by atoms with Gasteiger partial charge in [0.05, 0.1) is 0 Å². The lowest BCUT2D eigenvalue weighted by atomic mass is 9.88. The molecule has 0 radical (unpaired) electrons. The second-order valence-corrected chi connectivity index (χ2v) is 5.26. The van der Waals surface area contributed by atoms with E-state index in [4.69, 9.17) is 34.8 Å².